The van der Waals surface area contributed by atoms with Gasteiger partial charge in [-0.05, 0) is 48.4 Å². The van der Waals surface area contributed by atoms with Gasteiger partial charge in [-0.25, -0.2) is 5.43 Å². The van der Waals surface area contributed by atoms with Crippen molar-refractivity contribution in [1.82, 2.24) is 5.43 Å². The zero-order valence-electron chi connectivity index (χ0n) is 16.7. The van der Waals surface area contributed by atoms with Gasteiger partial charge in [0, 0.05) is 15.7 Å². The van der Waals surface area contributed by atoms with Crippen molar-refractivity contribution >= 4 is 33.7 Å². The number of para-hydroxylation sites is 2. The first-order valence-corrected chi connectivity index (χ1v) is 10.6. The van der Waals surface area contributed by atoms with E-state index in [9.17, 15) is 4.79 Å². The molecule has 0 aliphatic heterocycles. The van der Waals surface area contributed by atoms with Crippen LogP contribution in [-0.2, 0) is 11.4 Å². The predicted octanol–water partition coefficient (Wildman–Crippen LogP) is 5.37. The van der Waals surface area contributed by atoms with Gasteiger partial charge in [-0.15, -0.1) is 0 Å². The largest absolute Gasteiger partial charge is 0.488 e. The molecule has 154 valence electrons. The van der Waals surface area contributed by atoms with E-state index in [1.54, 1.807) is 6.21 Å². The minimum atomic E-state index is -0.368. The standard InChI is InChI=1S/C24H24BrN3O2/c1-2-22(27-21-12-4-3-5-13-21)24(29)28-26-16-19-10-6-7-14-23(19)30-17-18-9-8-11-20(25)15-18/h3-16,22,27H,2,17H2,1H3,(H,28,29)/b26-16-/t22-/m0/s1. The third kappa shape index (κ3) is 6.46. The molecule has 1 atom stereocenters. The van der Waals surface area contributed by atoms with Crippen LogP contribution in [0, 0.1) is 0 Å². The van der Waals surface area contributed by atoms with Crippen molar-refractivity contribution in [3.05, 3.63) is 94.5 Å². The first kappa shape index (κ1) is 21.6. The molecule has 0 spiro atoms. The van der Waals surface area contributed by atoms with Crippen molar-refractivity contribution in [2.24, 2.45) is 5.10 Å². The normalized spacial score (nSPS) is 11.8. The van der Waals surface area contributed by atoms with Gasteiger partial charge in [0.2, 0.25) is 0 Å². The summed E-state index contributed by atoms with van der Waals surface area (Å²) in [6.07, 6.45) is 2.24. The van der Waals surface area contributed by atoms with Crippen molar-refractivity contribution in [1.29, 1.82) is 0 Å². The molecule has 0 fully saturated rings. The summed E-state index contributed by atoms with van der Waals surface area (Å²) in [7, 11) is 0. The number of hydrogen-bond donors (Lipinski definition) is 2. The molecule has 2 N–H and O–H groups in total. The summed E-state index contributed by atoms with van der Waals surface area (Å²) in [6.45, 7) is 2.39. The highest BCUT2D eigenvalue weighted by Crippen LogP contribution is 2.19. The van der Waals surface area contributed by atoms with E-state index in [-0.39, 0.29) is 11.9 Å². The highest BCUT2D eigenvalue weighted by molar-refractivity contribution is 9.10. The summed E-state index contributed by atoms with van der Waals surface area (Å²) in [5, 5.41) is 7.35. The number of benzene rings is 3. The molecule has 0 aromatic heterocycles. The molecule has 0 unspecified atom stereocenters. The van der Waals surface area contributed by atoms with Crippen LogP contribution >= 0.6 is 15.9 Å². The average molecular weight is 466 g/mol. The molecule has 0 saturated heterocycles. The maximum atomic E-state index is 12.5. The number of carbonyl (C=O) groups excluding carboxylic acids is 1. The number of rotatable bonds is 9. The molecule has 6 heteroatoms. The van der Waals surface area contributed by atoms with E-state index in [4.69, 9.17) is 4.74 Å². The van der Waals surface area contributed by atoms with Crippen LogP contribution < -0.4 is 15.5 Å². The van der Waals surface area contributed by atoms with Gasteiger partial charge in [-0.3, -0.25) is 4.79 Å². The summed E-state index contributed by atoms with van der Waals surface area (Å²) in [5.74, 6) is 0.509. The van der Waals surface area contributed by atoms with Gasteiger partial charge in [-0.2, -0.15) is 5.10 Å². The smallest absolute Gasteiger partial charge is 0.262 e. The van der Waals surface area contributed by atoms with Crippen LogP contribution in [0.2, 0.25) is 0 Å². The lowest BCUT2D eigenvalue weighted by Crippen LogP contribution is -2.36. The highest BCUT2D eigenvalue weighted by Gasteiger charge is 2.15. The maximum absolute atomic E-state index is 12.5. The molecule has 0 bridgehead atoms. The second-order valence-corrected chi connectivity index (χ2v) is 7.58. The molecular weight excluding hydrogens is 442 g/mol. The Kier molecular flexibility index (Phi) is 8.03. The molecule has 0 aliphatic rings. The summed E-state index contributed by atoms with van der Waals surface area (Å²) in [4.78, 5) is 12.5. The summed E-state index contributed by atoms with van der Waals surface area (Å²) >= 11 is 3.47. The highest BCUT2D eigenvalue weighted by atomic mass is 79.9. The zero-order chi connectivity index (χ0) is 21.2. The van der Waals surface area contributed by atoms with Gasteiger partial charge in [0.15, 0.2) is 0 Å². The molecule has 3 aromatic carbocycles. The van der Waals surface area contributed by atoms with E-state index in [0.717, 1.165) is 21.3 Å². The topological polar surface area (TPSA) is 62.7 Å². The minimum absolute atomic E-state index is 0.190. The Balaban J connectivity index is 1.59. The van der Waals surface area contributed by atoms with Crippen LogP contribution in [0.3, 0.4) is 0 Å². The first-order valence-electron chi connectivity index (χ1n) is 9.76. The van der Waals surface area contributed by atoms with E-state index < -0.39 is 0 Å². The number of ether oxygens (including phenoxy) is 1. The molecule has 3 rings (SSSR count). The number of halogens is 1. The third-order valence-corrected chi connectivity index (χ3v) is 4.91. The van der Waals surface area contributed by atoms with Crippen molar-refractivity contribution in [3.63, 3.8) is 0 Å². The van der Waals surface area contributed by atoms with Gasteiger partial charge in [0.05, 0.1) is 6.21 Å². The Labute approximate surface area is 185 Å². The monoisotopic (exact) mass is 465 g/mol. The molecule has 3 aromatic rings. The molecular formula is C24H24BrN3O2. The minimum Gasteiger partial charge on any atom is -0.488 e. The number of anilines is 1. The second-order valence-electron chi connectivity index (χ2n) is 6.66. The Morgan fingerprint density at radius 1 is 1.07 bits per heavy atom. The molecule has 5 nitrogen and oxygen atoms in total. The molecule has 30 heavy (non-hydrogen) atoms. The maximum Gasteiger partial charge on any atom is 0.262 e. The zero-order valence-corrected chi connectivity index (χ0v) is 18.3. The number of carbonyl (C=O) groups is 1. The van der Waals surface area contributed by atoms with E-state index in [1.165, 1.54) is 0 Å². The Hall–Kier alpha value is -3.12. The molecule has 0 aliphatic carbocycles. The molecule has 0 saturated carbocycles. The summed E-state index contributed by atoms with van der Waals surface area (Å²) < 4.78 is 6.96. The van der Waals surface area contributed by atoms with E-state index in [1.807, 2.05) is 85.8 Å². The average Bonchev–Trinajstić information content (AvgIpc) is 2.77. The van der Waals surface area contributed by atoms with Crippen LogP contribution in [0.5, 0.6) is 5.75 Å². The summed E-state index contributed by atoms with van der Waals surface area (Å²) in [6, 6.07) is 24.8. The van der Waals surface area contributed by atoms with Crippen molar-refractivity contribution in [2.45, 2.75) is 26.0 Å². The van der Waals surface area contributed by atoms with Gasteiger partial charge in [0.1, 0.15) is 18.4 Å². The lowest BCUT2D eigenvalue weighted by Gasteiger charge is -2.16. The molecule has 1 amide bonds. The number of nitrogens with one attached hydrogen (secondary N) is 2. The second kappa shape index (κ2) is 11.2. The fraction of sp³-hybridized carbons (Fsp3) is 0.167. The fourth-order valence-electron chi connectivity index (χ4n) is 2.84. The van der Waals surface area contributed by atoms with Crippen LogP contribution in [0.25, 0.3) is 0 Å². The first-order chi connectivity index (χ1) is 14.7. The lowest BCUT2D eigenvalue weighted by molar-refractivity contribution is -0.121. The Morgan fingerprint density at radius 3 is 2.60 bits per heavy atom. The van der Waals surface area contributed by atoms with Crippen LogP contribution in [0.4, 0.5) is 5.69 Å². The van der Waals surface area contributed by atoms with Gasteiger partial charge >= 0.3 is 0 Å². The quantitative estimate of drug-likeness (QED) is 0.329. The molecule has 0 radical (unpaired) electrons. The predicted molar refractivity (Wildman–Crippen MR) is 125 cm³/mol. The van der Waals surface area contributed by atoms with Crippen LogP contribution in [0.15, 0.2) is 88.4 Å². The van der Waals surface area contributed by atoms with Gasteiger partial charge in [-0.1, -0.05) is 65.3 Å². The van der Waals surface area contributed by atoms with Crippen LogP contribution in [0.1, 0.15) is 24.5 Å². The van der Waals surface area contributed by atoms with Gasteiger partial charge in [0.25, 0.3) is 5.91 Å². The number of nitrogens with zero attached hydrogens (tertiary/aromatic N) is 1. The summed E-state index contributed by atoms with van der Waals surface area (Å²) in [5.41, 5.74) is 5.36. The van der Waals surface area contributed by atoms with Crippen LogP contribution in [-0.4, -0.2) is 18.2 Å². The lowest BCUT2D eigenvalue weighted by atomic mass is 10.2. The number of hydrazone groups is 1. The van der Waals surface area contributed by atoms with Crippen molar-refractivity contribution < 1.29 is 9.53 Å². The molecule has 0 heterocycles. The van der Waals surface area contributed by atoms with E-state index >= 15 is 0 Å². The Morgan fingerprint density at radius 2 is 1.83 bits per heavy atom. The Bertz CT molecular complexity index is 993. The van der Waals surface area contributed by atoms with Crippen molar-refractivity contribution in [2.75, 3.05) is 5.32 Å². The fourth-order valence-corrected chi connectivity index (χ4v) is 3.29. The van der Waals surface area contributed by atoms with E-state index in [0.29, 0.717) is 18.8 Å². The number of hydrogen-bond acceptors (Lipinski definition) is 4. The third-order valence-electron chi connectivity index (χ3n) is 4.42. The van der Waals surface area contributed by atoms with E-state index in [2.05, 4.69) is 31.8 Å². The van der Waals surface area contributed by atoms with Gasteiger partial charge < -0.3 is 10.1 Å². The van der Waals surface area contributed by atoms with Crippen molar-refractivity contribution in [3.8, 4) is 5.75 Å². The SMILES string of the molecule is CC[C@H](Nc1ccccc1)C(=O)N/N=C\c1ccccc1OCc1cccc(Br)c1. The number of amides is 1.